The Morgan fingerprint density at radius 2 is 2.22 bits per heavy atom. The third-order valence-corrected chi connectivity index (χ3v) is 5.31. The van der Waals surface area contributed by atoms with Crippen LogP contribution in [-0.4, -0.2) is 35.5 Å². The Morgan fingerprint density at radius 3 is 2.87 bits per heavy atom. The van der Waals surface area contributed by atoms with E-state index < -0.39 is 0 Å². The van der Waals surface area contributed by atoms with Gasteiger partial charge in [0, 0.05) is 7.05 Å². The first kappa shape index (κ1) is 15.5. The van der Waals surface area contributed by atoms with E-state index in [-0.39, 0.29) is 16.6 Å². The summed E-state index contributed by atoms with van der Waals surface area (Å²) < 4.78 is 2.49. The van der Waals surface area contributed by atoms with Gasteiger partial charge in [-0.05, 0) is 29.5 Å². The number of hydrogen-bond acceptors (Lipinski definition) is 8. The molecule has 7 nitrogen and oxygen atoms in total. The van der Waals surface area contributed by atoms with E-state index in [9.17, 15) is 10.4 Å². The first-order valence-electron chi connectivity index (χ1n) is 6.68. The number of nitriles is 1. The van der Waals surface area contributed by atoms with Crippen molar-refractivity contribution in [2.24, 2.45) is 7.05 Å². The summed E-state index contributed by atoms with van der Waals surface area (Å²) in [6, 6.07) is 9.68. The van der Waals surface area contributed by atoms with Gasteiger partial charge in [0.15, 0.2) is 0 Å². The standard InChI is InChI=1S/C14H12N6OS2/c1-8(22-14-17-18-19-20(14)2)12(21)9(7-15)13-16-10-5-3-4-6-11(10)23-13/h3-6,8,21H,1-2H3/b12-9-. The molecule has 3 rings (SSSR count). The molecule has 0 amide bonds. The second kappa shape index (κ2) is 6.36. The van der Waals surface area contributed by atoms with Crippen LogP contribution in [0.2, 0.25) is 0 Å². The zero-order chi connectivity index (χ0) is 16.4. The van der Waals surface area contributed by atoms with Gasteiger partial charge in [-0.15, -0.1) is 16.4 Å². The molecule has 1 atom stereocenters. The maximum absolute atomic E-state index is 10.5. The summed E-state index contributed by atoms with van der Waals surface area (Å²) in [6.45, 7) is 1.79. The van der Waals surface area contributed by atoms with E-state index >= 15 is 0 Å². The molecule has 1 unspecified atom stereocenters. The number of rotatable bonds is 4. The zero-order valence-electron chi connectivity index (χ0n) is 12.3. The van der Waals surface area contributed by atoms with Crippen molar-refractivity contribution in [3.8, 4) is 6.07 Å². The van der Waals surface area contributed by atoms with Crippen molar-refractivity contribution in [3.05, 3.63) is 35.0 Å². The molecule has 2 aromatic heterocycles. The van der Waals surface area contributed by atoms with Crippen molar-refractivity contribution in [2.45, 2.75) is 17.3 Å². The Balaban J connectivity index is 1.95. The van der Waals surface area contributed by atoms with Gasteiger partial charge in [0.25, 0.3) is 0 Å². The average Bonchev–Trinajstić information content (AvgIpc) is 3.14. The predicted octanol–water partition coefficient (Wildman–Crippen LogP) is 2.79. The van der Waals surface area contributed by atoms with E-state index in [1.807, 2.05) is 24.3 Å². The van der Waals surface area contributed by atoms with Crippen LogP contribution in [0.5, 0.6) is 0 Å². The van der Waals surface area contributed by atoms with Crippen LogP contribution in [0.3, 0.4) is 0 Å². The quantitative estimate of drug-likeness (QED) is 0.441. The number of thiazole rings is 1. The number of para-hydroxylation sites is 1. The number of thioether (sulfide) groups is 1. The van der Waals surface area contributed by atoms with Crippen molar-refractivity contribution >= 4 is 38.9 Å². The normalized spacial score (nSPS) is 13.6. The third kappa shape index (κ3) is 3.04. The summed E-state index contributed by atoms with van der Waals surface area (Å²) in [5.74, 6) is -0.0282. The van der Waals surface area contributed by atoms with Crippen LogP contribution in [0.15, 0.2) is 35.2 Å². The van der Waals surface area contributed by atoms with Crippen LogP contribution < -0.4 is 0 Å². The van der Waals surface area contributed by atoms with Gasteiger partial charge in [0.1, 0.15) is 22.4 Å². The zero-order valence-corrected chi connectivity index (χ0v) is 14.0. The van der Waals surface area contributed by atoms with E-state index in [4.69, 9.17) is 0 Å². The van der Waals surface area contributed by atoms with Crippen LogP contribution in [-0.2, 0) is 7.05 Å². The van der Waals surface area contributed by atoms with Gasteiger partial charge in [0.05, 0.1) is 15.5 Å². The van der Waals surface area contributed by atoms with Gasteiger partial charge in [0.2, 0.25) is 5.16 Å². The number of aliphatic hydroxyl groups excluding tert-OH is 1. The molecular formula is C14H12N6OS2. The van der Waals surface area contributed by atoms with Gasteiger partial charge in [-0.2, -0.15) is 5.26 Å². The Bertz CT molecular complexity index is 890. The summed E-state index contributed by atoms with van der Waals surface area (Å²) in [6.07, 6.45) is 0. The van der Waals surface area contributed by atoms with E-state index in [1.165, 1.54) is 27.8 Å². The van der Waals surface area contributed by atoms with E-state index in [0.717, 1.165) is 10.2 Å². The SMILES string of the molecule is CC(Sc1nnnn1C)/C(O)=C(\C#N)c1nc2ccccc2s1. The second-order valence-corrected chi connectivity index (χ2v) is 7.04. The summed E-state index contributed by atoms with van der Waals surface area (Å²) in [5, 5.41) is 31.8. The minimum Gasteiger partial charge on any atom is -0.510 e. The maximum atomic E-state index is 10.5. The van der Waals surface area contributed by atoms with Gasteiger partial charge in [-0.3, -0.25) is 0 Å². The highest BCUT2D eigenvalue weighted by atomic mass is 32.2. The smallest absolute Gasteiger partial charge is 0.209 e. The molecule has 0 bridgehead atoms. The van der Waals surface area contributed by atoms with Gasteiger partial charge in [-0.1, -0.05) is 23.9 Å². The number of aryl methyl sites for hydroxylation is 1. The minimum absolute atomic E-state index is 0.0282. The first-order valence-corrected chi connectivity index (χ1v) is 8.38. The monoisotopic (exact) mass is 344 g/mol. The van der Waals surface area contributed by atoms with Crippen LogP contribution >= 0.6 is 23.1 Å². The maximum Gasteiger partial charge on any atom is 0.209 e. The topological polar surface area (TPSA) is 101 Å². The molecule has 0 aliphatic heterocycles. The molecule has 0 aliphatic carbocycles. The second-order valence-electron chi connectivity index (χ2n) is 4.70. The highest BCUT2D eigenvalue weighted by molar-refractivity contribution is 7.99. The van der Waals surface area contributed by atoms with Gasteiger partial charge < -0.3 is 5.11 Å². The van der Waals surface area contributed by atoms with E-state index in [0.29, 0.717) is 10.2 Å². The molecule has 3 aromatic rings. The molecule has 23 heavy (non-hydrogen) atoms. The lowest BCUT2D eigenvalue weighted by Crippen LogP contribution is -2.06. The molecule has 0 saturated carbocycles. The van der Waals surface area contributed by atoms with Crippen LogP contribution in [0, 0.1) is 11.3 Å². The molecule has 1 N–H and O–H groups in total. The van der Waals surface area contributed by atoms with Gasteiger partial charge >= 0.3 is 0 Å². The summed E-state index contributed by atoms with van der Waals surface area (Å²) in [5.41, 5.74) is 0.993. The molecule has 2 heterocycles. The lowest BCUT2D eigenvalue weighted by molar-refractivity contribution is 0.402. The molecular weight excluding hydrogens is 332 g/mol. The number of nitrogens with zero attached hydrogens (tertiary/aromatic N) is 6. The average molecular weight is 344 g/mol. The lowest BCUT2D eigenvalue weighted by Gasteiger charge is -2.10. The van der Waals surface area contributed by atoms with Crippen molar-refractivity contribution in [3.63, 3.8) is 0 Å². The fourth-order valence-electron chi connectivity index (χ4n) is 1.93. The summed E-state index contributed by atoms with van der Waals surface area (Å²) in [4.78, 5) is 4.43. The van der Waals surface area contributed by atoms with Crippen molar-refractivity contribution < 1.29 is 5.11 Å². The highest BCUT2D eigenvalue weighted by Gasteiger charge is 2.21. The predicted molar refractivity (Wildman–Crippen MR) is 88.9 cm³/mol. The van der Waals surface area contributed by atoms with E-state index in [1.54, 1.807) is 14.0 Å². The number of allylic oxidation sites excluding steroid dienone is 1. The Labute approximate surface area is 140 Å². The number of tetrazole rings is 1. The van der Waals surface area contributed by atoms with Gasteiger partial charge in [-0.25, -0.2) is 9.67 Å². The number of aromatic nitrogens is 5. The first-order chi connectivity index (χ1) is 11.1. The molecule has 0 spiro atoms. The third-order valence-electron chi connectivity index (χ3n) is 3.12. The summed E-state index contributed by atoms with van der Waals surface area (Å²) >= 11 is 2.66. The number of fused-ring (bicyclic) bond motifs is 1. The molecule has 9 heteroatoms. The number of aliphatic hydroxyl groups is 1. The minimum atomic E-state index is -0.374. The lowest BCUT2D eigenvalue weighted by atomic mass is 10.2. The molecule has 0 fully saturated rings. The van der Waals surface area contributed by atoms with Crippen molar-refractivity contribution in [2.75, 3.05) is 0 Å². The largest absolute Gasteiger partial charge is 0.510 e. The van der Waals surface area contributed by atoms with E-state index in [2.05, 4.69) is 26.6 Å². The summed E-state index contributed by atoms with van der Waals surface area (Å²) in [7, 11) is 1.72. The Hall–Kier alpha value is -2.44. The van der Waals surface area contributed by atoms with Crippen molar-refractivity contribution in [1.29, 1.82) is 5.26 Å². The fourth-order valence-corrected chi connectivity index (χ4v) is 3.72. The number of benzene rings is 1. The van der Waals surface area contributed by atoms with Crippen LogP contribution in [0.1, 0.15) is 11.9 Å². The Morgan fingerprint density at radius 1 is 1.43 bits per heavy atom. The van der Waals surface area contributed by atoms with Crippen LogP contribution in [0.25, 0.3) is 15.8 Å². The Kier molecular flexibility index (Phi) is 4.27. The number of hydrogen-bond donors (Lipinski definition) is 1. The molecule has 116 valence electrons. The van der Waals surface area contributed by atoms with Crippen LogP contribution in [0.4, 0.5) is 0 Å². The fraction of sp³-hybridized carbons (Fsp3) is 0.214. The molecule has 0 aliphatic rings. The molecule has 0 saturated heterocycles. The molecule has 0 radical (unpaired) electrons. The van der Waals surface area contributed by atoms with Crippen molar-refractivity contribution in [1.82, 2.24) is 25.2 Å². The molecule has 1 aromatic carbocycles. The highest BCUT2D eigenvalue weighted by Crippen LogP contribution is 2.32.